The number of primary sulfonamides is 1. The molecule has 18 heavy (non-hydrogen) atoms. The number of aromatic hydroxyl groups is 1. The van der Waals surface area contributed by atoms with Crippen molar-refractivity contribution in [2.24, 2.45) is 5.14 Å². The van der Waals surface area contributed by atoms with Gasteiger partial charge < -0.3 is 5.11 Å². The van der Waals surface area contributed by atoms with Crippen LogP contribution < -0.4 is 5.14 Å². The SMILES string of the molecule is NS(=O)(=O)c1ccc(Sc2ccccc2O)cc1. The second kappa shape index (κ2) is 5.01. The normalized spacial score (nSPS) is 11.4. The number of benzene rings is 2. The molecule has 0 saturated heterocycles. The van der Waals surface area contributed by atoms with Crippen molar-refractivity contribution in [3.8, 4) is 5.75 Å². The van der Waals surface area contributed by atoms with Gasteiger partial charge in [-0.05, 0) is 36.4 Å². The summed E-state index contributed by atoms with van der Waals surface area (Å²) < 4.78 is 22.2. The van der Waals surface area contributed by atoms with Crippen LogP contribution in [0.2, 0.25) is 0 Å². The summed E-state index contributed by atoms with van der Waals surface area (Å²) in [5.41, 5.74) is 0. The van der Waals surface area contributed by atoms with Crippen LogP contribution in [0.15, 0.2) is 63.2 Å². The van der Waals surface area contributed by atoms with Gasteiger partial charge in [-0.25, -0.2) is 13.6 Å². The van der Waals surface area contributed by atoms with Crippen LogP contribution in [0.3, 0.4) is 0 Å². The lowest BCUT2D eigenvalue weighted by atomic mass is 10.3. The molecule has 0 bridgehead atoms. The quantitative estimate of drug-likeness (QED) is 0.903. The minimum absolute atomic E-state index is 0.0733. The zero-order valence-corrected chi connectivity index (χ0v) is 10.9. The number of sulfonamides is 1. The lowest BCUT2D eigenvalue weighted by Crippen LogP contribution is -2.11. The molecule has 3 N–H and O–H groups in total. The summed E-state index contributed by atoms with van der Waals surface area (Å²) in [6.07, 6.45) is 0. The average molecular weight is 281 g/mol. The zero-order chi connectivity index (χ0) is 13.2. The number of phenolic OH excluding ortho intramolecular Hbond substituents is 1. The van der Waals surface area contributed by atoms with Gasteiger partial charge in [-0.1, -0.05) is 23.9 Å². The van der Waals surface area contributed by atoms with Gasteiger partial charge in [0.05, 0.1) is 9.79 Å². The van der Waals surface area contributed by atoms with Crippen LogP contribution in [0.4, 0.5) is 0 Å². The summed E-state index contributed by atoms with van der Waals surface area (Å²) in [4.78, 5) is 1.61. The van der Waals surface area contributed by atoms with E-state index in [1.54, 1.807) is 30.3 Å². The number of hydrogen-bond acceptors (Lipinski definition) is 4. The van der Waals surface area contributed by atoms with Crippen molar-refractivity contribution in [3.63, 3.8) is 0 Å². The van der Waals surface area contributed by atoms with E-state index in [0.717, 1.165) is 4.90 Å². The summed E-state index contributed by atoms with van der Waals surface area (Å²) >= 11 is 1.35. The first-order chi connectivity index (χ1) is 8.47. The second-order valence-corrected chi connectivity index (χ2v) is 6.26. The predicted molar refractivity (Wildman–Crippen MR) is 70.0 cm³/mol. The Bertz CT molecular complexity index is 651. The maximum absolute atomic E-state index is 11.1. The van der Waals surface area contributed by atoms with Crippen LogP contribution in [0, 0.1) is 0 Å². The Kier molecular flexibility index (Phi) is 3.60. The van der Waals surface area contributed by atoms with Crippen LogP contribution >= 0.6 is 11.8 Å². The molecule has 0 aliphatic rings. The fourth-order valence-electron chi connectivity index (χ4n) is 1.37. The molecule has 0 atom stereocenters. The Morgan fingerprint density at radius 2 is 1.61 bits per heavy atom. The third kappa shape index (κ3) is 3.04. The molecule has 6 heteroatoms. The van der Waals surface area contributed by atoms with Crippen molar-refractivity contribution in [2.75, 3.05) is 0 Å². The van der Waals surface area contributed by atoms with E-state index < -0.39 is 10.0 Å². The molecule has 0 aromatic heterocycles. The molecule has 0 aliphatic heterocycles. The highest BCUT2D eigenvalue weighted by Gasteiger charge is 2.08. The number of hydrogen-bond donors (Lipinski definition) is 2. The first-order valence-electron chi connectivity index (χ1n) is 5.05. The monoisotopic (exact) mass is 281 g/mol. The summed E-state index contributed by atoms with van der Waals surface area (Å²) in [5, 5.41) is 14.6. The van der Waals surface area contributed by atoms with E-state index in [4.69, 9.17) is 5.14 Å². The molecule has 0 fully saturated rings. The van der Waals surface area contributed by atoms with Crippen LogP contribution in [0.5, 0.6) is 5.75 Å². The molecule has 0 aliphatic carbocycles. The lowest BCUT2D eigenvalue weighted by Gasteiger charge is -2.04. The van der Waals surface area contributed by atoms with Crippen molar-refractivity contribution >= 4 is 21.8 Å². The first-order valence-corrected chi connectivity index (χ1v) is 7.42. The zero-order valence-electron chi connectivity index (χ0n) is 9.28. The lowest BCUT2D eigenvalue weighted by molar-refractivity contribution is 0.462. The Balaban J connectivity index is 2.24. The van der Waals surface area contributed by atoms with E-state index >= 15 is 0 Å². The molecule has 0 radical (unpaired) electrons. The maximum atomic E-state index is 11.1. The summed E-state index contributed by atoms with van der Waals surface area (Å²) in [6, 6.07) is 13.1. The fourth-order valence-corrected chi connectivity index (χ4v) is 2.73. The molecule has 2 aromatic carbocycles. The van der Waals surface area contributed by atoms with Gasteiger partial charge in [-0.15, -0.1) is 0 Å². The topological polar surface area (TPSA) is 80.4 Å². The third-order valence-corrected chi connectivity index (χ3v) is 4.25. The van der Waals surface area contributed by atoms with Crippen LogP contribution in [-0.4, -0.2) is 13.5 Å². The van der Waals surface area contributed by atoms with Crippen LogP contribution in [0.25, 0.3) is 0 Å². The number of nitrogens with two attached hydrogens (primary N) is 1. The van der Waals surface area contributed by atoms with Crippen molar-refractivity contribution in [1.82, 2.24) is 0 Å². The molecular formula is C12H11NO3S2. The van der Waals surface area contributed by atoms with Gasteiger partial charge in [-0.2, -0.15) is 0 Å². The first kappa shape index (κ1) is 12.9. The largest absolute Gasteiger partial charge is 0.507 e. The van der Waals surface area contributed by atoms with E-state index in [9.17, 15) is 13.5 Å². The van der Waals surface area contributed by atoms with Crippen molar-refractivity contribution in [2.45, 2.75) is 14.7 Å². The minimum Gasteiger partial charge on any atom is -0.507 e. The number of rotatable bonds is 3. The molecule has 0 spiro atoms. The molecular weight excluding hydrogens is 270 g/mol. The fraction of sp³-hybridized carbons (Fsp3) is 0. The molecule has 2 aromatic rings. The number of phenols is 1. The van der Waals surface area contributed by atoms with Crippen LogP contribution in [-0.2, 0) is 10.0 Å². The smallest absolute Gasteiger partial charge is 0.238 e. The van der Waals surface area contributed by atoms with Crippen LogP contribution in [0.1, 0.15) is 0 Å². The average Bonchev–Trinajstić information content (AvgIpc) is 2.32. The molecule has 4 nitrogen and oxygen atoms in total. The van der Waals surface area contributed by atoms with E-state index in [0.29, 0.717) is 4.90 Å². The second-order valence-electron chi connectivity index (χ2n) is 3.59. The van der Waals surface area contributed by atoms with E-state index in [1.807, 2.05) is 6.07 Å². The summed E-state index contributed by atoms with van der Waals surface area (Å²) in [5.74, 6) is 0.193. The highest BCUT2D eigenvalue weighted by Crippen LogP contribution is 2.34. The van der Waals surface area contributed by atoms with Crippen molar-refractivity contribution < 1.29 is 13.5 Å². The standard InChI is InChI=1S/C12H11NO3S2/c13-18(15,16)10-7-5-9(6-8-10)17-12-4-2-1-3-11(12)14/h1-8,14H,(H2,13,15,16). The molecule has 0 heterocycles. The minimum atomic E-state index is -3.66. The molecule has 2 rings (SSSR count). The maximum Gasteiger partial charge on any atom is 0.238 e. The van der Waals surface area contributed by atoms with Gasteiger partial charge in [0.15, 0.2) is 0 Å². The predicted octanol–water partition coefficient (Wildman–Crippen LogP) is 2.19. The molecule has 94 valence electrons. The molecule has 0 unspecified atom stereocenters. The molecule has 0 saturated carbocycles. The number of para-hydroxylation sites is 1. The Morgan fingerprint density at radius 1 is 1.00 bits per heavy atom. The summed E-state index contributed by atoms with van der Waals surface area (Å²) in [6.45, 7) is 0. The van der Waals surface area contributed by atoms with E-state index in [1.165, 1.54) is 23.9 Å². The van der Waals surface area contributed by atoms with Gasteiger partial charge in [-0.3, -0.25) is 0 Å². The van der Waals surface area contributed by atoms with Gasteiger partial charge in [0.1, 0.15) is 5.75 Å². The Morgan fingerprint density at radius 3 is 2.17 bits per heavy atom. The van der Waals surface area contributed by atoms with Crippen molar-refractivity contribution in [3.05, 3.63) is 48.5 Å². The molecule has 0 amide bonds. The van der Waals surface area contributed by atoms with Gasteiger partial charge in [0.25, 0.3) is 0 Å². The highest BCUT2D eigenvalue weighted by atomic mass is 32.2. The van der Waals surface area contributed by atoms with Gasteiger partial charge in [0.2, 0.25) is 10.0 Å². The van der Waals surface area contributed by atoms with Crippen molar-refractivity contribution in [1.29, 1.82) is 0 Å². The van der Waals surface area contributed by atoms with E-state index in [2.05, 4.69) is 0 Å². The third-order valence-electron chi connectivity index (χ3n) is 2.25. The van der Waals surface area contributed by atoms with Gasteiger partial charge in [0, 0.05) is 4.90 Å². The highest BCUT2D eigenvalue weighted by molar-refractivity contribution is 7.99. The Labute approximate surface area is 110 Å². The van der Waals surface area contributed by atoms with Gasteiger partial charge >= 0.3 is 0 Å². The summed E-state index contributed by atoms with van der Waals surface area (Å²) in [7, 11) is -3.66. The Hall–Kier alpha value is -1.50. The van der Waals surface area contributed by atoms with E-state index in [-0.39, 0.29) is 10.6 Å².